The van der Waals surface area contributed by atoms with Crippen molar-refractivity contribution in [3.8, 4) is 33.6 Å². The minimum atomic E-state index is -0.919. The van der Waals surface area contributed by atoms with Gasteiger partial charge in [-0.15, -0.1) is 0 Å². The van der Waals surface area contributed by atoms with Crippen LogP contribution in [-0.2, 0) is 9.53 Å². The van der Waals surface area contributed by atoms with Crippen LogP contribution in [0, 0.1) is 5.92 Å². The second-order valence-corrected chi connectivity index (χ2v) is 13.6. The number of amides is 3. The van der Waals surface area contributed by atoms with E-state index in [4.69, 9.17) is 4.74 Å². The van der Waals surface area contributed by atoms with Gasteiger partial charge in [0.25, 0.3) is 0 Å². The average molecular weight is 692 g/mol. The Balaban J connectivity index is 1.05. The van der Waals surface area contributed by atoms with Gasteiger partial charge in [-0.3, -0.25) is 9.69 Å². The van der Waals surface area contributed by atoms with Gasteiger partial charge in [0, 0.05) is 25.1 Å². The van der Waals surface area contributed by atoms with Crippen LogP contribution in [0.3, 0.4) is 0 Å². The normalized spacial score (nSPS) is 19.5. The van der Waals surface area contributed by atoms with Crippen LogP contribution in [0.25, 0.3) is 44.4 Å². The number of methoxy groups -OCH3 is 1. The molecule has 2 aliphatic heterocycles. The number of aliphatic hydroxyl groups is 1. The first kappa shape index (κ1) is 33.8. The molecule has 2 aliphatic rings. The van der Waals surface area contributed by atoms with Crippen molar-refractivity contribution in [2.75, 3.05) is 20.2 Å². The van der Waals surface area contributed by atoms with E-state index in [2.05, 4.69) is 67.7 Å². The predicted octanol–water partition coefficient (Wildman–Crippen LogP) is 6.12. The molecule has 264 valence electrons. The molecule has 5 N–H and O–H groups in total. The van der Waals surface area contributed by atoms with Crippen LogP contribution in [0.15, 0.2) is 73.1 Å². The van der Waals surface area contributed by atoms with Gasteiger partial charge in [0.1, 0.15) is 17.7 Å². The van der Waals surface area contributed by atoms with Gasteiger partial charge in [-0.1, -0.05) is 62.4 Å². The summed E-state index contributed by atoms with van der Waals surface area (Å²) in [6, 6.07) is 19.2. The number of ether oxygens (including phenoxy) is 1. The maximum absolute atomic E-state index is 13.5. The lowest BCUT2D eigenvalue weighted by atomic mass is 9.98. The number of hydrogen-bond acceptors (Lipinski definition) is 7. The molecule has 0 spiro atoms. The third-order valence-corrected chi connectivity index (χ3v) is 9.95. The summed E-state index contributed by atoms with van der Waals surface area (Å²) in [7, 11) is 1.25. The number of benzene rings is 3. The van der Waals surface area contributed by atoms with Crippen molar-refractivity contribution in [1.29, 1.82) is 0 Å². The molecule has 2 fully saturated rings. The third kappa shape index (κ3) is 6.76. The van der Waals surface area contributed by atoms with Gasteiger partial charge < -0.3 is 35.1 Å². The Hall–Kier alpha value is -5.69. The van der Waals surface area contributed by atoms with Gasteiger partial charge in [0.05, 0.1) is 49.1 Å². The number of carbonyl (C=O) groups is 3. The van der Waals surface area contributed by atoms with E-state index in [1.165, 1.54) is 12.0 Å². The SMILES string of the molecule is COC(=O)N[C@H](C(=O)N1C[C@@H](O)C[C@H]1c1ncc(-c2ccc(-c3ccc4cc(-c5cnc([C@@H]6CCCN6C(=O)O)[nH]5)ccc4c3)cc2)[nH]1)C(C)C. The Morgan fingerprint density at radius 1 is 0.843 bits per heavy atom. The summed E-state index contributed by atoms with van der Waals surface area (Å²) in [5, 5.41) is 24.8. The molecule has 4 heterocycles. The van der Waals surface area contributed by atoms with Crippen molar-refractivity contribution in [1.82, 2.24) is 35.1 Å². The maximum atomic E-state index is 13.5. The van der Waals surface area contributed by atoms with E-state index in [9.17, 15) is 24.6 Å². The number of hydrogen-bond donors (Lipinski definition) is 5. The molecule has 13 heteroatoms. The second kappa shape index (κ2) is 13.9. The van der Waals surface area contributed by atoms with Crippen molar-refractivity contribution >= 4 is 28.9 Å². The minimum Gasteiger partial charge on any atom is -0.465 e. The summed E-state index contributed by atoms with van der Waals surface area (Å²) in [6.07, 6.45) is 3.11. The van der Waals surface area contributed by atoms with Crippen LogP contribution >= 0.6 is 0 Å². The number of carboxylic acid groups (broad SMARTS) is 1. The van der Waals surface area contributed by atoms with Gasteiger partial charge in [-0.2, -0.15) is 0 Å². The van der Waals surface area contributed by atoms with Gasteiger partial charge in [0.15, 0.2) is 0 Å². The molecule has 3 amide bonds. The number of carbonyl (C=O) groups excluding carboxylic acids is 2. The van der Waals surface area contributed by atoms with E-state index in [0.717, 1.165) is 57.3 Å². The Morgan fingerprint density at radius 2 is 1.43 bits per heavy atom. The number of nitrogens with one attached hydrogen (secondary N) is 3. The Bertz CT molecular complexity index is 2070. The number of β-amino-alcohol motifs (C(OH)–C–C–N with tert-alkyl or cyclic N) is 1. The average Bonchev–Trinajstić information content (AvgIpc) is 3.96. The van der Waals surface area contributed by atoms with E-state index < -0.39 is 30.4 Å². The summed E-state index contributed by atoms with van der Waals surface area (Å²) in [5.41, 5.74) is 5.67. The number of fused-ring (bicyclic) bond motifs is 1. The topological polar surface area (TPSA) is 177 Å². The highest BCUT2D eigenvalue weighted by atomic mass is 16.5. The molecule has 2 saturated heterocycles. The van der Waals surface area contributed by atoms with Crippen LogP contribution in [0.1, 0.15) is 56.8 Å². The third-order valence-electron chi connectivity index (χ3n) is 9.95. The predicted molar refractivity (Wildman–Crippen MR) is 190 cm³/mol. The summed E-state index contributed by atoms with van der Waals surface area (Å²) >= 11 is 0. The summed E-state index contributed by atoms with van der Waals surface area (Å²) in [5.74, 6) is 0.761. The first-order valence-corrected chi connectivity index (χ1v) is 17.2. The van der Waals surface area contributed by atoms with Crippen LogP contribution in [0.4, 0.5) is 9.59 Å². The molecule has 3 aromatic carbocycles. The van der Waals surface area contributed by atoms with E-state index in [1.54, 1.807) is 17.3 Å². The number of H-pyrrole nitrogens is 2. The first-order valence-electron chi connectivity index (χ1n) is 17.2. The first-order chi connectivity index (χ1) is 24.6. The molecule has 13 nitrogen and oxygen atoms in total. The molecular formula is C38H41N7O6. The zero-order valence-electron chi connectivity index (χ0n) is 28.7. The van der Waals surface area contributed by atoms with E-state index in [1.807, 2.05) is 32.0 Å². The van der Waals surface area contributed by atoms with Crippen molar-refractivity contribution in [3.63, 3.8) is 0 Å². The Labute approximate surface area is 294 Å². The lowest BCUT2D eigenvalue weighted by molar-refractivity contribution is -0.135. The molecule has 0 unspecified atom stereocenters. The number of rotatable bonds is 8. The van der Waals surface area contributed by atoms with Crippen molar-refractivity contribution < 1.29 is 29.3 Å². The molecule has 4 atom stereocenters. The van der Waals surface area contributed by atoms with Crippen molar-refractivity contribution in [3.05, 3.63) is 84.7 Å². The number of aromatic amines is 2. The van der Waals surface area contributed by atoms with Crippen LogP contribution in [-0.4, -0.2) is 90.4 Å². The molecule has 0 saturated carbocycles. The Kier molecular flexibility index (Phi) is 9.21. The summed E-state index contributed by atoms with van der Waals surface area (Å²) in [6.45, 7) is 4.35. The second-order valence-electron chi connectivity index (χ2n) is 13.6. The molecule has 0 bridgehead atoms. The summed E-state index contributed by atoms with van der Waals surface area (Å²) < 4.78 is 4.72. The Morgan fingerprint density at radius 3 is 2.08 bits per heavy atom. The molecular weight excluding hydrogens is 650 g/mol. The standard InChI is InChI=1S/C38H41N7O6/c1-21(2)33(43-37(48)51-3)36(47)45-20-28(46)17-32(45)35-40-18-29(41-35)23-8-6-22(7-9-23)24-10-11-26-16-27(13-12-25(26)15-24)30-19-39-34(42-30)31-5-4-14-44(31)38(49)50/h6-13,15-16,18-19,21,28,31-33,46H,4-5,14,17,20H2,1-3H3,(H,39,42)(H,40,41)(H,43,48)(H,49,50)/t28-,31-,32-,33-/m0/s1. The monoisotopic (exact) mass is 691 g/mol. The fourth-order valence-electron chi connectivity index (χ4n) is 7.22. The zero-order valence-corrected chi connectivity index (χ0v) is 28.7. The highest BCUT2D eigenvalue weighted by Gasteiger charge is 2.41. The molecule has 51 heavy (non-hydrogen) atoms. The number of imidazole rings is 2. The van der Waals surface area contributed by atoms with Gasteiger partial charge >= 0.3 is 12.2 Å². The van der Waals surface area contributed by atoms with Gasteiger partial charge in [0.2, 0.25) is 5.91 Å². The zero-order chi connectivity index (χ0) is 35.8. The van der Waals surface area contributed by atoms with Crippen molar-refractivity contribution in [2.24, 2.45) is 5.92 Å². The van der Waals surface area contributed by atoms with Gasteiger partial charge in [-0.25, -0.2) is 19.6 Å². The lowest BCUT2D eigenvalue weighted by Crippen LogP contribution is -2.51. The van der Waals surface area contributed by atoms with E-state index in [-0.39, 0.29) is 24.4 Å². The fraction of sp³-hybridized carbons (Fsp3) is 0.342. The molecule has 0 radical (unpaired) electrons. The fourth-order valence-corrected chi connectivity index (χ4v) is 7.22. The number of nitrogens with zero attached hydrogens (tertiary/aromatic N) is 4. The molecule has 0 aliphatic carbocycles. The maximum Gasteiger partial charge on any atom is 0.407 e. The van der Waals surface area contributed by atoms with E-state index in [0.29, 0.717) is 24.6 Å². The molecule has 7 rings (SSSR count). The van der Waals surface area contributed by atoms with Crippen LogP contribution < -0.4 is 5.32 Å². The summed E-state index contributed by atoms with van der Waals surface area (Å²) in [4.78, 5) is 55.9. The number of aromatic nitrogens is 4. The number of aliphatic hydroxyl groups excluding tert-OH is 1. The quantitative estimate of drug-likeness (QED) is 0.129. The largest absolute Gasteiger partial charge is 0.465 e. The number of likely N-dealkylation sites (tertiary alicyclic amines) is 2. The van der Waals surface area contributed by atoms with Crippen molar-refractivity contribution in [2.45, 2.75) is 57.3 Å². The smallest absolute Gasteiger partial charge is 0.407 e. The van der Waals surface area contributed by atoms with Crippen LogP contribution in [0.2, 0.25) is 0 Å². The minimum absolute atomic E-state index is 0.144. The lowest BCUT2D eigenvalue weighted by Gasteiger charge is -2.29. The highest BCUT2D eigenvalue weighted by molar-refractivity contribution is 5.91. The molecule has 5 aromatic rings. The number of alkyl carbamates (subject to hydrolysis) is 1. The van der Waals surface area contributed by atoms with E-state index >= 15 is 0 Å². The highest BCUT2D eigenvalue weighted by Crippen LogP contribution is 2.35. The molecule has 2 aromatic heterocycles. The van der Waals surface area contributed by atoms with Crippen LogP contribution in [0.5, 0.6) is 0 Å². The van der Waals surface area contributed by atoms with Gasteiger partial charge in [-0.05, 0) is 58.4 Å².